The number of furan rings is 1. The molecule has 0 N–H and O–H groups in total. The molecule has 0 spiro atoms. The van der Waals surface area contributed by atoms with E-state index in [1.54, 1.807) is 17.4 Å². The minimum atomic E-state index is -0.0387. The van der Waals surface area contributed by atoms with Gasteiger partial charge < -0.3 is 4.42 Å². The summed E-state index contributed by atoms with van der Waals surface area (Å²) in [6, 6.07) is 11.4. The number of nitrogens with zero attached hydrogens (tertiary/aromatic N) is 2. The molecular formula is C16H10N2O2S2. The van der Waals surface area contributed by atoms with Gasteiger partial charge >= 0.3 is 0 Å². The molecule has 1 aromatic carbocycles. The molecule has 6 heteroatoms. The quantitative estimate of drug-likeness (QED) is 0.316. The first-order valence-electron chi connectivity index (χ1n) is 6.64. The maximum absolute atomic E-state index is 12.3. The normalized spacial score (nSPS) is 11.3. The highest BCUT2D eigenvalue weighted by molar-refractivity contribution is 8.00. The fraction of sp³-hybridized carbons (Fsp3) is 0.0625. The van der Waals surface area contributed by atoms with E-state index in [1.165, 1.54) is 18.1 Å². The molecule has 4 nitrogen and oxygen atoms in total. The zero-order chi connectivity index (χ0) is 14.9. The predicted molar refractivity (Wildman–Crippen MR) is 88.7 cm³/mol. The van der Waals surface area contributed by atoms with E-state index in [1.807, 2.05) is 35.7 Å². The number of fused-ring (bicyclic) bond motifs is 2. The van der Waals surface area contributed by atoms with Crippen LogP contribution in [0.1, 0.15) is 10.6 Å². The number of rotatable bonds is 4. The largest absolute Gasteiger partial charge is 0.453 e. The van der Waals surface area contributed by atoms with Crippen LogP contribution in [-0.4, -0.2) is 21.5 Å². The van der Waals surface area contributed by atoms with Crippen LogP contribution in [0.3, 0.4) is 0 Å². The monoisotopic (exact) mass is 326 g/mol. The SMILES string of the molecule is O=C(CSc1ncnc2sccc12)c1cc2ccccc2o1. The van der Waals surface area contributed by atoms with Gasteiger partial charge in [0.2, 0.25) is 5.78 Å². The van der Waals surface area contributed by atoms with Crippen LogP contribution < -0.4 is 0 Å². The van der Waals surface area contributed by atoms with Gasteiger partial charge in [0.25, 0.3) is 0 Å². The summed E-state index contributed by atoms with van der Waals surface area (Å²) in [6.45, 7) is 0. The Morgan fingerprint density at radius 2 is 2.14 bits per heavy atom. The second kappa shape index (κ2) is 5.55. The molecule has 0 aliphatic carbocycles. The van der Waals surface area contributed by atoms with E-state index >= 15 is 0 Å². The average Bonchev–Trinajstić information content (AvgIpc) is 3.18. The van der Waals surface area contributed by atoms with Crippen LogP contribution in [0.4, 0.5) is 0 Å². The number of carbonyl (C=O) groups is 1. The number of para-hydroxylation sites is 1. The zero-order valence-corrected chi connectivity index (χ0v) is 13.0. The van der Waals surface area contributed by atoms with E-state index in [4.69, 9.17) is 4.42 Å². The van der Waals surface area contributed by atoms with Crippen molar-refractivity contribution in [3.05, 3.63) is 53.9 Å². The third-order valence-corrected chi connectivity index (χ3v) is 5.09. The molecule has 108 valence electrons. The van der Waals surface area contributed by atoms with Crippen molar-refractivity contribution in [2.45, 2.75) is 5.03 Å². The van der Waals surface area contributed by atoms with Gasteiger partial charge in [0, 0.05) is 10.8 Å². The maximum atomic E-state index is 12.3. The first-order chi connectivity index (χ1) is 10.8. The van der Waals surface area contributed by atoms with E-state index in [2.05, 4.69) is 9.97 Å². The number of thiophene rings is 1. The molecular weight excluding hydrogens is 316 g/mol. The highest BCUT2D eigenvalue weighted by atomic mass is 32.2. The third kappa shape index (κ3) is 2.40. The zero-order valence-electron chi connectivity index (χ0n) is 11.4. The van der Waals surface area contributed by atoms with Crippen molar-refractivity contribution >= 4 is 50.1 Å². The van der Waals surface area contributed by atoms with Crippen molar-refractivity contribution < 1.29 is 9.21 Å². The van der Waals surface area contributed by atoms with Gasteiger partial charge in [-0.15, -0.1) is 11.3 Å². The first kappa shape index (κ1) is 13.5. The smallest absolute Gasteiger partial charge is 0.208 e. The summed E-state index contributed by atoms with van der Waals surface area (Å²) >= 11 is 2.98. The Labute approximate surface area is 134 Å². The number of hydrogen-bond donors (Lipinski definition) is 0. The Morgan fingerprint density at radius 1 is 1.23 bits per heavy atom. The molecule has 0 saturated carbocycles. The average molecular weight is 326 g/mol. The second-order valence-electron chi connectivity index (χ2n) is 4.68. The van der Waals surface area contributed by atoms with Crippen LogP contribution in [0.5, 0.6) is 0 Å². The van der Waals surface area contributed by atoms with Crippen molar-refractivity contribution in [2.75, 3.05) is 5.75 Å². The van der Waals surface area contributed by atoms with Gasteiger partial charge in [-0.1, -0.05) is 30.0 Å². The number of aromatic nitrogens is 2. The molecule has 3 heterocycles. The van der Waals surface area contributed by atoms with Crippen LogP contribution in [0.15, 0.2) is 57.5 Å². The Morgan fingerprint density at radius 3 is 3.05 bits per heavy atom. The Kier molecular flexibility index (Phi) is 3.40. The summed E-state index contributed by atoms with van der Waals surface area (Å²) in [6.07, 6.45) is 1.53. The van der Waals surface area contributed by atoms with Crippen LogP contribution >= 0.6 is 23.1 Å². The summed E-state index contributed by atoms with van der Waals surface area (Å²) in [7, 11) is 0. The Bertz CT molecular complexity index is 941. The van der Waals surface area contributed by atoms with Crippen LogP contribution in [0.25, 0.3) is 21.2 Å². The molecule has 0 bridgehead atoms. The number of carbonyl (C=O) groups excluding carboxylic acids is 1. The molecule has 0 aliphatic rings. The lowest BCUT2D eigenvalue weighted by atomic mass is 10.2. The standard InChI is InChI=1S/C16H10N2O2S2/c19-12(14-7-10-3-1-2-4-13(10)20-14)8-22-16-11-5-6-21-15(11)17-9-18-16/h1-7,9H,8H2. The highest BCUT2D eigenvalue weighted by Gasteiger charge is 2.14. The molecule has 3 aromatic heterocycles. The van der Waals surface area contributed by atoms with Crippen LogP contribution in [0.2, 0.25) is 0 Å². The van der Waals surface area contributed by atoms with Gasteiger partial charge in [-0.3, -0.25) is 4.79 Å². The Balaban J connectivity index is 1.56. The van der Waals surface area contributed by atoms with Gasteiger partial charge in [0.05, 0.1) is 5.75 Å². The third-order valence-electron chi connectivity index (χ3n) is 3.27. The van der Waals surface area contributed by atoms with Crippen molar-refractivity contribution in [1.82, 2.24) is 9.97 Å². The molecule has 0 saturated heterocycles. The van der Waals surface area contributed by atoms with Crippen molar-refractivity contribution in [3.63, 3.8) is 0 Å². The minimum absolute atomic E-state index is 0.0387. The van der Waals surface area contributed by atoms with Crippen molar-refractivity contribution in [2.24, 2.45) is 0 Å². The van der Waals surface area contributed by atoms with E-state index in [-0.39, 0.29) is 5.78 Å². The molecule has 22 heavy (non-hydrogen) atoms. The molecule has 0 aliphatic heterocycles. The highest BCUT2D eigenvalue weighted by Crippen LogP contribution is 2.28. The molecule has 4 aromatic rings. The first-order valence-corrected chi connectivity index (χ1v) is 8.50. The molecule has 0 radical (unpaired) electrons. The lowest BCUT2D eigenvalue weighted by Crippen LogP contribution is -2.00. The molecule has 0 unspecified atom stereocenters. The fourth-order valence-corrected chi connectivity index (χ4v) is 3.86. The van der Waals surface area contributed by atoms with Crippen LogP contribution in [-0.2, 0) is 0 Å². The van der Waals surface area contributed by atoms with E-state index in [9.17, 15) is 4.79 Å². The summed E-state index contributed by atoms with van der Waals surface area (Å²) in [5, 5.41) is 4.74. The lowest BCUT2D eigenvalue weighted by Gasteiger charge is -2.00. The van der Waals surface area contributed by atoms with Gasteiger partial charge in [0.15, 0.2) is 5.76 Å². The summed E-state index contributed by atoms with van der Waals surface area (Å²) in [5.41, 5.74) is 0.734. The number of thioether (sulfide) groups is 1. The number of ketones is 1. The van der Waals surface area contributed by atoms with Gasteiger partial charge in [0.1, 0.15) is 21.8 Å². The van der Waals surface area contributed by atoms with E-state index in [0.29, 0.717) is 11.5 Å². The molecule has 0 fully saturated rings. The van der Waals surface area contributed by atoms with E-state index in [0.717, 1.165) is 26.2 Å². The summed E-state index contributed by atoms with van der Waals surface area (Å²) < 4.78 is 5.60. The Hall–Kier alpha value is -2.18. The van der Waals surface area contributed by atoms with Crippen molar-refractivity contribution in [1.29, 1.82) is 0 Å². The molecule has 0 amide bonds. The van der Waals surface area contributed by atoms with Gasteiger partial charge in [-0.2, -0.15) is 0 Å². The second-order valence-corrected chi connectivity index (χ2v) is 6.54. The number of Topliss-reactive ketones (excluding diaryl/α,β-unsaturated/α-hetero) is 1. The number of benzene rings is 1. The van der Waals surface area contributed by atoms with Crippen LogP contribution in [0, 0.1) is 0 Å². The van der Waals surface area contributed by atoms with Gasteiger partial charge in [-0.25, -0.2) is 9.97 Å². The fourth-order valence-electron chi connectivity index (χ4n) is 2.21. The minimum Gasteiger partial charge on any atom is -0.453 e. The topological polar surface area (TPSA) is 56.0 Å². The predicted octanol–water partition coefficient (Wildman–Crippen LogP) is 4.41. The summed E-state index contributed by atoms with van der Waals surface area (Å²) in [4.78, 5) is 21.7. The summed E-state index contributed by atoms with van der Waals surface area (Å²) in [5.74, 6) is 0.648. The van der Waals surface area contributed by atoms with Gasteiger partial charge in [-0.05, 0) is 23.6 Å². The lowest BCUT2D eigenvalue weighted by molar-refractivity contribution is 0.0994. The molecule has 0 atom stereocenters. The number of hydrogen-bond acceptors (Lipinski definition) is 6. The van der Waals surface area contributed by atoms with E-state index < -0.39 is 0 Å². The van der Waals surface area contributed by atoms with Crippen molar-refractivity contribution in [3.8, 4) is 0 Å². The molecule has 4 rings (SSSR count). The maximum Gasteiger partial charge on any atom is 0.208 e.